The maximum atomic E-state index is 12.6. The molecule has 0 fully saturated rings. The van der Waals surface area contributed by atoms with E-state index in [0.29, 0.717) is 11.1 Å². The van der Waals surface area contributed by atoms with Crippen molar-refractivity contribution in [2.75, 3.05) is 5.43 Å². The zero-order chi connectivity index (χ0) is 18.2. The van der Waals surface area contributed by atoms with E-state index < -0.39 is 41.1 Å². The number of anilines is 1. The average molecular weight is 364 g/mol. The molecule has 0 radical (unpaired) electrons. The number of rotatable bonds is 4. The summed E-state index contributed by atoms with van der Waals surface area (Å²) in [4.78, 5) is 38.2. The van der Waals surface area contributed by atoms with Crippen LogP contribution in [0.4, 0.5) is 19.0 Å². The Morgan fingerprint density at radius 3 is 2.46 bits per heavy atom. The molecule has 2 N–H and O–H groups in total. The summed E-state index contributed by atoms with van der Waals surface area (Å²) in [5.74, 6) is -3.33. The fourth-order valence-corrected chi connectivity index (χ4v) is 2.23. The minimum absolute atomic E-state index is 0.0760. The van der Waals surface area contributed by atoms with Crippen molar-refractivity contribution in [3.05, 3.63) is 34.0 Å². The second-order valence-electron chi connectivity index (χ2n) is 4.76. The highest BCUT2D eigenvalue weighted by Crippen LogP contribution is 2.34. The first-order valence-corrected chi connectivity index (χ1v) is 6.71. The number of imide groups is 1. The second-order valence-corrected chi connectivity index (χ2v) is 5.12. The minimum Gasteiger partial charge on any atom is -0.481 e. The molecule has 0 bridgehead atoms. The Morgan fingerprint density at radius 2 is 1.96 bits per heavy atom. The molecule has 0 aromatic carbocycles. The van der Waals surface area contributed by atoms with Gasteiger partial charge in [0.25, 0.3) is 11.8 Å². The van der Waals surface area contributed by atoms with Crippen molar-refractivity contribution in [1.29, 1.82) is 0 Å². The minimum atomic E-state index is -4.70. The molecule has 0 unspecified atom stereocenters. The number of nitrogens with zero attached hydrogens (tertiary/aromatic N) is 2. The van der Waals surface area contributed by atoms with Crippen LogP contribution in [-0.2, 0) is 20.6 Å². The molecular formula is C13H9ClF3N3O4. The third-order valence-corrected chi connectivity index (χ3v) is 3.43. The van der Waals surface area contributed by atoms with Gasteiger partial charge in [-0.15, -0.1) is 0 Å². The van der Waals surface area contributed by atoms with E-state index in [0.717, 1.165) is 6.07 Å². The summed E-state index contributed by atoms with van der Waals surface area (Å²) in [7, 11) is 0. The van der Waals surface area contributed by atoms with Crippen LogP contribution in [0, 0.1) is 0 Å². The van der Waals surface area contributed by atoms with Gasteiger partial charge in [-0.2, -0.15) is 18.2 Å². The molecule has 11 heteroatoms. The summed E-state index contributed by atoms with van der Waals surface area (Å²) in [6, 6.07) is 1.53. The van der Waals surface area contributed by atoms with Gasteiger partial charge in [0.2, 0.25) is 0 Å². The second kappa shape index (κ2) is 6.11. The molecule has 0 spiro atoms. The number of alkyl halides is 3. The highest BCUT2D eigenvalue weighted by atomic mass is 35.5. The third kappa shape index (κ3) is 3.32. The topological polar surface area (TPSA) is 99.6 Å². The number of carboxylic acids is 1. The van der Waals surface area contributed by atoms with Gasteiger partial charge in [-0.05, 0) is 19.1 Å². The van der Waals surface area contributed by atoms with Crippen LogP contribution >= 0.6 is 11.6 Å². The molecule has 0 saturated carbocycles. The largest absolute Gasteiger partial charge is 0.481 e. The summed E-state index contributed by atoms with van der Waals surface area (Å²) in [6.45, 7) is 1.27. The van der Waals surface area contributed by atoms with E-state index >= 15 is 0 Å². The summed E-state index contributed by atoms with van der Waals surface area (Å²) in [5.41, 5.74) is 0.759. The van der Waals surface area contributed by atoms with Gasteiger partial charge in [0.05, 0.1) is 12.0 Å². The standard InChI is InChI=1S/C13H9ClF3N3O4/c1-5-6(4-9(21)22)12(24)20(11(5)23)19-8-3-2-7(10(14)18-8)13(15,16)17/h2-3H,4H2,1H3,(H,18,19)(H,21,22). The van der Waals surface area contributed by atoms with E-state index in [1.165, 1.54) is 6.92 Å². The van der Waals surface area contributed by atoms with Crippen molar-refractivity contribution >= 4 is 35.2 Å². The maximum absolute atomic E-state index is 12.6. The van der Waals surface area contributed by atoms with Gasteiger partial charge in [-0.3, -0.25) is 19.8 Å². The molecule has 0 saturated heterocycles. The van der Waals surface area contributed by atoms with Gasteiger partial charge in [-0.25, -0.2) is 4.98 Å². The van der Waals surface area contributed by atoms with Crippen LogP contribution in [-0.4, -0.2) is 32.9 Å². The van der Waals surface area contributed by atoms with Crippen LogP contribution in [0.1, 0.15) is 18.9 Å². The van der Waals surface area contributed by atoms with Gasteiger partial charge in [0.1, 0.15) is 11.0 Å². The van der Waals surface area contributed by atoms with Crippen molar-refractivity contribution in [3.63, 3.8) is 0 Å². The quantitative estimate of drug-likeness (QED) is 0.628. The third-order valence-electron chi connectivity index (χ3n) is 3.15. The predicted octanol–water partition coefficient (Wildman–Crippen LogP) is 2.24. The van der Waals surface area contributed by atoms with Crippen LogP contribution < -0.4 is 5.43 Å². The zero-order valence-electron chi connectivity index (χ0n) is 11.9. The monoisotopic (exact) mass is 363 g/mol. The molecule has 1 aliphatic rings. The molecule has 1 aromatic rings. The van der Waals surface area contributed by atoms with Gasteiger partial charge in [0.15, 0.2) is 0 Å². The van der Waals surface area contributed by atoms with Gasteiger partial charge >= 0.3 is 12.1 Å². The van der Waals surface area contributed by atoms with Gasteiger partial charge < -0.3 is 5.11 Å². The fraction of sp³-hybridized carbons (Fsp3) is 0.231. The summed E-state index contributed by atoms with van der Waals surface area (Å²) in [6.07, 6.45) is -5.36. The molecule has 1 aliphatic heterocycles. The highest BCUT2D eigenvalue weighted by Gasteiger charge is 2.38. The Balaban J connectivity index is 2.24. The number of carbonyl (C=O) groups excluding carboxylic acids is 2. The number of aromatic nitrogens is 1. The molecule has 128 valence electrons. The van der Waals surface area contributed by atoms with Crippen molar-refractivity contribution in [2.24, 2.45) is 0 Å². The summed E-state index contributed by atoms with van der Waals surface area (Å²) in [5, 5.41) is 8.35. The first-order valence-electron chi connectivity index (χ1n) is 6.33. The zero-order valence-corrected chi connectivity index (χ0v) is 12.7. The van der Waals surface area contributed by atoms with Crippen LogP contribution in [0.25, 0.3) is 0 Å². The van der Waals surface area contributed by atoms with E-state index in [1.54, 1.807) is 0 Å². The number of amides is 2. The van der Waals surface area contributed by atoms with Crippen LogP contribution in [0.5, 0.6) is 0 Å². The van der Waals surface area contributed by atoms with Crippen LogP contribution in [0.2, 0.25) is 5.15 Å². The lowest BCUT2D eigenvalue weighted by atomic mass is 10.1. The maximum Gasteiger partial charge on any atom is 0.419 e. The molecule has 0 aliphatic carbocycles. The molecular weight excluding hydrogens is 355 g/mol. The van der Waals surface area contributed by atoms with Crippen LogP contribution in [0.15, 0.2) is 23.3 Å². The molecule has 2 heterocycles. The molecule has 0 atom stereocenters. The number of hydrogen-bond acceptors (Lipinski definition) is 5. The Morgan fingerprint density at radius 1 is 1.33 bits per heavy atom. The van der Waals surface area contributed by atoms with E-state index in [2.05, 4.69) is 10.4 Å². The summed E-state index contributed by atoms with van der Waals surface area (Å²) < 4.78 is 37.8. The molecule has 2 rings (SSSR count). The van der Waals surface area contributed by atoms with Crippen molar-refractivity contribution in [2.45, 2.75) is 19.5 Å². The highest BCUT2D eigenvalue weighted by molar-refractivity contribution is 6.30. The number of carboxylic acid groups (broad SMARTS) is 1. The fourth-order valence-electron chi connectivity index (χ4n) is 1.97. The van der Waals surface area contributed by atoms with Gasteiger partial charge in [-0.1, -0.05) is 11.6 Å². The predicted molar refractivity (Wildman–Crippen MR) is 74.7 cm³/mol. The Kier molecular flexibility index (Phi) is 4.52. The van der Waals surface area contributed by atoms with E-state index in [4.69, 9.17) is 16.7 Å². The van der Waals surface area contributed by atoms with Crippen molar-refractivity contribution in [3.8, 4) is 0 Å². The smallest absolute Gasteiger partial charge is 0.419 e. The lowest BCUT2D eigenvalue weighted by molar-refractivity contribution is -0.139. The van der Waals surface area contributed by atoms with E-state index in [1.807, 2.05) is 0 Å². The number of hydrogen-bond donors (Lipinski definition) is 2. The van der Waals surface area contributed by atoms with Crippen LogP contribution in [0.3, 0.4) is 0 Å². The average Bonchev–Trinajstić information content (AvgIpc) is 2.63. The number of pyridine rings is 1. The Bertz CT molecular complexity index is 776. The SMILES string of the molecule is CC1=C(CC(=O)O)C(=O)N(Nc2ccc(C(F)(F)F)c(Cl)n2)C1=O. The molecule has 24 heavy (non-hydrogen) atoms. The number of nitrogens with one attached hydrogen (secondary N) is 1. The van der Waals surface area contributed by atoms with Crippen molar-refractivity contribution in [1.82, 2.24) is 9.99 Å². The van der Waals surface area contributed by atoms with E-state index in [9.17, 15) is 27.6 Å². The number of carbonyl (C=O) groups is 3. The molecule has 2 amide bonds. The Labute approximate surface area is 137 Å². The molecule has 7 nitrogen and oxygen atoms in total. The summed E-state index contributed by atoms with van der Waals surface area (Å²) >= 11 is 5.45. The lowest BCUT2D eigenvalue weighted by Crippen LogP contribution is -2.37. The van der Waals surface area contributed by atoms with Gasteiger partial charge in [0, 0.05) is 11.1 Å². The first-order chi connectivity index (χ1) is 11.0. The number of halogens is 4. The normalized spacial score (nSPS) is 15.3. The lowest BCUT2D eigenvalue weighted by Gasteiger charge is -2.17. The number of hydrazine groups is 1. The van der Waals surface area contributed by atoms with E-state index in [-0.39, 0.29) is 17.0 Å². The first kappa shape index (κ1) is 17.7. The Hall–Kier alpha value is -2.62. The number of aliphatic carboxylic acids is 1. The molecule has 1 aromatic heterocycles. The van der Waals surface area contributed by atoms with Crippen molar-refractivity contribution < 1.29 is 32.7 Å².